The SMILES string of the molecule is COCCN(N)C(=S)NC(C)(C)N=NC(C)c1ccccc1. The Morgan fingerprint density at radius 1 is 1.41 bits per heavy atom. The van der Waals surface area contributed by atoms with Gasteiger partial charge in [-0.1, -0.05) is 30.3 Å². The molecule has 1 unspecified atom stereocenters. The molecule has 0 spiro atoms. The predicted molar refractivity (Wildman–Crippen MR) is 92.3 cm³/mol. The lowest BCUT2D eigenvalue weighted by atomic mass is 10.1. The van der Waals surface area contributed by atoms with Crippen LogP contribution >= 0.6 is 12.2 Å². The third-order valence-corrected chi connectivity index (χ3v) is 3.31. The minimum absolute atomic E-state index is 0.0154. The number of hydrogen-bond acceptors (Lipinski definition) is 5. The number of thiocarbonyl (C=S) groups is 1. The molecule has 0 amide bonds. The molecule has 1 aromatic carbocycles. The van der Waals surface area contributed by atoms with Crippen molar-refractivity contribution in [1.29, 1.82) is 0 Å². The van der Waals surface area contributed by atoms with Gasteiger partial charge in [0.05, 0.1) is 19.2 Å². The first-order chi connectivity index (χ1) is 10.4. The van der Waals surface area contributed by atoms with Crippen LogP contribution in [0.15, 0.2) is 40.6 Å². The second-order valence-electron chi connectivity index (χ2n) is 5.48. The number of ether oxygens (including phenoxy) is 1. The van der Waals surface area contributed by atoms with Crippen molar-refractivity contribution in [1.82, 2.24) is 10.3 Å². The Kier molecular flexibility index (Phi) is 7.37. The van der Waals surface area contributed by atoms with Crippen LogP contribution in [0.25, 0.3) is 0 Å². The number of methoxy groups -OCH3 is 1. The second-order valence-corrected chi connectivity index (χ2v) is 5.86. The van der Waals surface area contributed by atoms with E-state index in [2.05, 4.69) is 15.5 Å². The Morgan fingerprint density at radius 2 is 2.05 bits per heavy atom. The van der Waals surface area contributed by atoms with Gasteiger partial charge in [0.1, 0.15) is 5.66 Å². The van der Waals surface area contributed by atoms with E-state index in [1.54, 1.807) is 7.11 Å². The smallest absolute Gasteiger partial charge is 0.185 e. The average Bonchev–Trinajstić information content (AvgIpc) is 2.50. The van der Waals surface area contributed by atoms with Gasteiger partial charge in [-0.2, -0.15) is 10.2 Å². The summed E-state index contributed by atoms with van der Waals surface area (Å²) in [6.07, 6.45) is 0. The summed E-state index contributed by atoms with van der Waals surface area (Å²) in [5.74, 6) is 5.83. The van der Waals surface area contributed by atoms with E-state index in [4.69, 9.17) is 22.8 Å². The number of nitrogens with one attached hydrogen (secondary N) is 1. The Hall–Kier alpha value is -1.57. The van der Waals surface area contributed by atoms with Crippen LogP contribution in [-0.2, 0) is 4.74 Å². The normalized spacial score (nSPS) is 13.1. The molecule has 0 aromatic heterocycles. The molecule has 0 fully saturated rings. The molecule has 1 rings (SSSR count). The Bertz CT molecular complexity index is 492. The molecule has 7 heteroatoms. The predicted octanol–water partition coefficient (Wildman–Crippen LogP) is 2.63. The molecule has 0 aliphatic carbocycles. The lowest BCUT2D eigenvalue weighted by molar-refractivity contribution is 0.175. The first-order valence-electron chi connectivity index (χ1n) is 7.16. The molecular formula is C15H25N5OS. The van der Waals surface area contributed by atoms with Crippen LogP contribution in [0.4, 0.5) is 0 Å². The summed E-state index contributed by atoms with van der Waals surface area (Å²) in [6, 6.07) is 10.00. The van der Waals surface area contributed by atoms with Crippen molar-refractivity contribution in [2.45, 2.75) is 32.5 Å². The Labute approximate surface area is 137 Å². The molecule has 0 saturated heterocycles. The summed E-state index contributed by atoms with van der Waals surface area (Å²) in [5.41, 5.74) is 0.482. The highest BCUT2D eigenvalue weighted by molar-refractivity contribution is 7.80. The van der Waals surface area contributed by atoms with Crippen molar-refractivity contribution < 1.29 is 4.74 Å². The van der Waals surface area contributed by atoms with Crippen molar-refractivity contribution in [3.63, 3.8) is 0 Å². The summed E-state index contributed by atoms with van der Waals surface area (Å²) in [5, 5.41) is 13.6. The zero-order valence-corrected chi connectivity index (χ0v) is 14.4. The van der Waals surface area contributed by atoms with E-state index in [0.29, 0.717) is 18.3 Å². The van der Waals surface area contributed by atoms with Crippen LogP contribution in [-0.4, -0.2) is 36.0 Å². The highest BCUT2D eigenvalue weighted by Gasteiger charge is 2.20. The fourth-order valence-corrected chi connectivity index (χ4v) is 2.02. The van der Waals surface area contributed by atoms with Gasteiger partial charge in [-0.25, -0.2) is 5.84 Å². The maximum Gasteiger partial charge on any atom is 0.185 e. The van der Waals surface area contributed by atoms with Crippen molar-refractivity contribution in [3.8, 4) is 0 Å². The molecule has 0 heterocycles. The minimum Gasteiger partial charge on any atom is -0.383 e. The van der Waals surface area contributed by atoms with E-state index in [9.17, 15) is 0 Å². The van der Waals surface area contributed by atoms with Crippen molar-refractivity contribution in [3.05, 3.63) is 35.9 Å². The first kappa shape index (κ1) is 18.5. The van der Waals surface area contributed by atoms with Crippen molar-refractivity contribution in [2.75, 3.05) is 20.3 Å². The fraction of sp³-hybridized carbons (Fsp3) is 0.533. The van der Waals surface area contributed by atoms with E-state index < -0.39 is 5.66 Å². The molecule has 0 aliphatic rings. The monoisotopic (exact) mass is 323 g/mol. The van der Waals surface area contributed by atoms with Gasteiger partial charge in [0.25, 0.3) is 0 Å². The number of hydrogen-bond donors (Lipinski definition) is 2. The first-order valence-corrected chi connectivity index (χ1v) is 7.57. The summed E-state index contributed by atoms with van der Waals surface area (Å²) >= 11 is 5.24. The van der Waals surface area contributed by atoms with Gasteiger partial charge in [0.15, 0.2) is 5.11 Å². The van der Waals surface area contributed by atoms with Gasteiger partial charge < -0.3 is 10.1 Å². The van der Waals surface area contributed by atoms with Crippen LogP contribution in [0.2, 0.25) is 0 Å². The standard InChI is InChI=1S/C15H25N5OS/c1-12(13-8-6-5-7-9-13)18-19-15(2,3)17-14(22)20(16)10-11-21-4/h5-9,12H,10-11,16H2,1-4H3,(H,17,22). The Balaban J connectivity index is 2.59. The molecule has 0 aliphatic heterocycles. The van der Waals surface area contributed by atoms with E-state index in [-0.39, 0.29) is 6.04 Å². The summed E-state index contributed by atoms with van der Waals surface area (Å²) in [6.45, 7) is 6.80. The zero-order valence-electron chi connectivity index (χ0n) is 13.6. The molecule has 0 bridgehead atoms. The highest BCUT2D eigenvalue weighted by atomic mass is 32.1. The van der Waals surface area contributed by atoms with Gasteiger partial charge in [-0.05, 0) is 38.6 Å². The molecule has 0 saturated carbocycles. The number of hydrazine groups is 1. The number of rotatable bonds is 7. The van der Waals surface area contributed by atoms with Crippen LogP contribution in [0.5, 0.6) is 0 Å². The van der Waals surface area contributed by atoms with Gasteiger partial charge >= 0.3 is 0 Å². The lowest BCUT2D eigenvalue weighted by Crippen LogP contribution is -2.52. The molecular weight excluding hydrogens is 298 g/mol. The Morgan fingerprint density at radius 3 is 2.64 bits per heavy atom. The molecule has 6 nitrogen and oxygen atoms in total. The lowest BCUT2D eigenvalue weighted by Gasteiger charge is -2.27. The molecule has 0 radical (unpaired) electrons. The highest BCUT2D eigenvalue weighted by Crippen LogP contribution is 2.18. The minimum atomic E-state index is -0.634. The molecule has 22 heavy (non-hydrogen) atoms. The summed E-state index contributed by atoms with van der Waals surface area (Å²) in [4.78, 5) is 0. The number of nitrogens with zero attached hydrogens (tertiary/aromatic N) is 3. The number of benzene rings is 1. The van der Waals surface area contributed by atoms with Crippen LogP contribution in [0.1, 0.15) is 32.4 Å². The van der Waals surface area contributed by atoms with E-state index >= 15 is 0 Å². The zero-order chi connectivity index (χ0) is 16.6. The number of nitrogens with two attached hydrogens (primary N) is 1. The van der Waals surface area contributed by atoms with Crippen LogP contribution < -0.4 is 11.2 Å². The molecule has 3 N–H and O–H groups in total. The van der Waals surface area contributed by atoms with Gasteiger partial charge in [0, 0.05) is 7.11 Å². The van der Waals surface area contributed by atoms with Gasteiger partial charge in [-0.3, -0.25) is 5.01 Å². The molecule has 122 valence electrons. The van der Waals surface area contributed by atoms with Crippen LogP contribution in [0, 0.1) is 0 Å². The van der Waals surface area contributed by atoms with Crippen molar-refractivity contribution >= 4 is 17.3 Å². The molecule has 1 aromatic rings. The summed E-state index contributed by atoms with van der Waals surface area (Å²) in [7, 11) is 1.62. The third-order valence-electron chi connectivity index (χ3n) is 2.97. The molecule has 1 atom stereocenters. The third kappa shape index (κ3) is 6.46. The van der Waals surface area contributed by atoms with Crippen LogP contribution in [0.3, 0.4) is 0 Å². The fourth-order valence-electron chi connectivity index (χ4n) is 1.68. The second kappa shape index (κ2) is 8.77. The quantitative estimate of drug-likeness (QED) is 0.349. The average molecular weight is 323 g/mol. The van der Waals surface area contributed by atoms with Gasteiger partial charge in [0.2, 0.25) is 0 Å². The van der Waals surface area contributed by atoms with E-state index in [1.165, 1.54) is 5.01 Å². The topological polar surface area (TPSA) is 75.2 Å². The maximum absolute atomic E-state index is 5.83. The largest absolute Gasteiger partial charge is 0.383 e. The van der Waals surface area contributed by atoms with Crippen molar-refractivity contribution in [2.24, 2.45) is 16.1 Å². The van der Waals surface area contributed by atoms with E-state index in [0.717, 1.165) is 5.56 Å². The van der Waals surface area contributed by atoms with Gasteiger partial charge in [-0.15, -0.1) is 0 Å². The number of azo groups is 1. The summed E-state index contributed by atoms with van der Waals surface area (Å²) < 4.78 is 4.97. The van der Waals surface area contributed by atoms with E-state index in [1.807, 2.05) is 51.1 Å². The maximum atomic E-state index is 5.83.